The maximum absolute atomic E-state index is 13.3. The van der Waals surface area contributed by atoms with Crippen LogP contribution in [-0.2, 0) is 21.2 Å². The smallest absolute Gasteiger partial charge is 0.240 e. The molecule has 1 amide bonds. The minimum Gasteiger partial charge on any atom is -0.347 e. The van der Waals surface area contributed by atoms with Crippen molar-refractivity contribution in [3.05, 3.63) is 47.8 Å². The van der Waals surface area contributed by atoms with Crippen LogP contribution in [0, 0.1) is 5.82 Å². The molecule has 1 atom stereocenters. The minimum atomic E-state index is -3.20. The quantitative estimate of drug-likeness (QED) is 0.926. The summed E-state index contributed by atoms with van der Waals surface area (Å²) < 4.78 is 37.4. The van der Waals surface area contributed by atoms with Crippen LogP contribution in [0.2, 0.25) is 0 Å². The van der Waals surface area contributed by atoms with Gasteiger partial charge < -0.3 is 9.88 Å². The number of nitrogens with zero attached hydrogens (tertiary/aromatic N) is 1. The van der Waals surface area contributed by atoms with Crippen LogP contribution in [0.25, 0.3) is 10.9 Å². The Labute approximate surface area is 121 Å². The van der Waals surface area contributed by atoms with E-state index in [1.54, 1.807) is 22.9 Å². The molecule has 0 saturated heterocycles. The van der Waals surface area contributed by atoms with Gasteiger partial charge in [-0.25, -0.2) is 12.8 Å². The van der Waals surface area contributed by atoms with Gasteiger partial charge in [0.05, 0.1) is 17.3 Å². The van der Waals surface area contributed by atoms with Gasteiger partial charge in [0.25, 0.3) is 0 Å². The summed E-state index contributed by atoms with van der Waals surface area (Å²) in [7, 11) is -3.20. The molecule has 110 valence electrons. The van der Waals surface area contributed by atoms with Crippen LogP contribution in [0.15, 0.2) is 41.9 Å². The van der Waals surface area contributed by atoms with Crippen molar-refractivity contribution in [1.82, 2.24) is 9.88 Å². The highest BCUT2D eigenvalue weighted by atomic mass is 32.2. The SMILES string of the molecule is O=C(Cn1ccc2ccc(F)cc21)N[C@@H]1C=CS(=O)(=O)C1. The fourth-order valence-corrected chi connectivity index (χ4v) is 3.60. The number of amides is 1. The molecule has 1 N–H and O–H groups in total. The molecule has 1 aliphatic heterocycles. The summed E-state index contributed by atoms with van der Waals surface area (Å²) in [6, 6.07) is 5.66. The van der Waals surface area contributed by atoms with Crippen molar-refractivity contribution in [2.75, 3.05) is 5.75 Å². The van der Waals surface area contributed by atoms with E-state index in [1.807, 2.05) is 0 Å². The minimum absolute atomic E-state index is 0.0113. The average molecular weight is 308 g/mol. The van der Waals surface area contributed by atoms with Gasteiger partial charge in [-0.2, -0.15) is 0 Å². The first-order chi connectivity index (χ1) is 9.93. The van der Waals surface area contributed by atoms with Crippen LogP contribution < -0.4 is 5.32 Å². The van der Waals surface area contributed by atoms with E-state index >= 15 is 0 Å². The zero-order valence-corrected chi connectivity index (χ0v) is 11.8. The van der Waals surface area contributed by atoms with Gasteiger partial charge in [-0.1, -0.05) is 0 Å². The first-order valence-corrected chi connectivity index (χ1v) is 8.09. The van der Waals surface area contributed by atoms with Crippen molar-refractivity contribution in [3.63, 3.8) is 0 Å². The average Bonchev–Trinajstić information content (AvgIpc) is 2.93. The summed E-state index contributed by atoms with van der Waals surface area (Å²) >= 11 is 0. The van der Waals surface area contributed by atoms with Crippen molar-refractivity contribution in [2.45, 2.75) is 12.6 Å². The van der Waals surface area contributed by atoms with Crippen LogP contribution in [-0.4, -0.2) is 30.7 Å². The van der Waals surface area contributed by atoms with E-state index in [9.17, 15) is 17.6 Å². The van der Waals surface area contributed by atoms with E-state index in [0.717, 1.165) is 10.8 Å². The Balaban J connectivity index is 1.72. The Morgan fingerprint density at radius 3 is 2.90 bits per heavy atom. The van der Waals surface area contributed by atoms with Gasteiger partial charge in [0.1, 0.15) is 12.4 Å². The van der Waals surface area contributed by atoms with Gasteiger partial charge in [-0.05, 0) is 35.7 Å². The number of sulfone groups is 1. The Morgan fingerprint density at radius 1 is 1.38 bits per heavy atom. The summed E-state index contributed by atoms with van der Waals surface area (Å²) in [5, 5.41) is 4.58. The van der Waals surface area contributed by atoms with Crippen molar-refractivity contribution >= 4 is 26.6 Å². The lowest BCUT2D eigenvalue weighted by molar-refractivity contribution is -0.121. The number of fused-ring (bicyclic) bond motifs is 1. The van der Waals surface area contributed by atoms with Crippen molar-refractivity contribution < 1.29 is 17.6 Å². The van der Waals surface area contributed by atoms with E-state index in [-0.39, 0.29) is 24.0 Å². The van der Waals surface area contributed by atoms with Crippen molar-refractivity contribution in [2.24, 2.45) is 0 Å². The molecule has 0 spiro atoms. The third kappa shape index (κ3) is 2.97. The topological polar surface area (TPSA) is 68.2 Å². The molecule has 2 aromatic rings. The predicted octanol–water partition coefficient (Wildman–Crippen LogP) is 1.21. The highest BCUT2D eigenvalue weighted by molar-refractivity contribution is 7.94. The second-order valence-corrected chi connectivity index (χ2v) is 6.91. The molecule has 2 heterocycles. The molecule has 1 aliphatic rings. The molecule has 7 heteroatoms. The maximum Gasteiger partial charge on any atom is 0.240 e. The first-order valence-electron chi connectivity index (χ1n) is 6.38. The van der Waals surface area contributed by atoms with Crippen molar-refractivity contribution in [3.8, 4) is 0 Å². The summed E-state index contributed by atoms with van der Waals surface area (Å²) in [4.78, 5) is 12.0. The number of carbonyl (C=O) groups is 1. The highest BCUT2D eigenvalue weighted by Gasteiger charge is 2.23. The molecule has 5 nitrogen and oxygen atoms in total. The molecule has 0 saturated carbocycles. The number of hydrogen-bond acceptors (Lipinski definition) is 3. The molecule has 21 heavy (non-hydrogen) atoms. The van der Waals surface area contributed by atoms with E-state index in [4.69, 9.17) is 0 Å². The monoisotopic (exact) mass is 308 g/mol. The lowest BCUT2D eigenvalue weighted by Crippen LogP contribution is -2.37. The number of halogens is 1. The molecular formula is C14H13FN2O3S. The molecule has 0 fully saturated rings. The van der Waals surface area contributed by atoms with Gasteiger partial charge >= 0.3 is 0 Å². The number of benzene rings is 1. The third-order valence-corrected chi connectivity index (χ3v) is 4.72. The molecule has 3 rings (SSSR count). The zero-order chi connectivity index (χ0) is 15.0. The van der Waals surface area contributed by atoms with Gasteiger partial charge in [-0.3, -0.25) is 4.79 Å². The standard InChI is InChI=1S/C14H13FN2O3S/c15-11-2-1-10-3-5-17(13(10)7-11)8-14(18)16-12-4-6-21(19,20)9-12/h1-7,12H,8-9H2,(H,16,18)/t12-/m1/s1. The van der Waals surface area contributed by atoms with Gasteiger partial charge in [0.15, 0.2) is 9.84 Å². The van der Waals surface area contributed by atoms with Crippen LogP contribution in [0.3, 0.4) is 0 Å². The van der Waals surface area contributed by atoms with E-state index < -0.39 is 15.9 Å². The van der Waals surface area contributed by atoms with Gasteiger partial charge in [-0.15, -0.1) is 0 Å². The number of aromatic nitrogens is 1. The lowest BCUT2D eigenvalue weighted by Gasteiger charge is -2.11. The van der Waals surface area contributed by atoms with Crippen LogP contribution >= 0.6 is 0 Å². The molecule has 1 aromatic heterocycles. The van der Waals surface area contributed by atoms with Gasteiger partial charge in [0.2, 0.25) is 5.91 Å². The molecular weight excluding hydrogens is 295 g/mol. The van der Waals surface area contributed by atoms with Crippen LogP contribution in [0.4, 0.5) is 4.39 Å². The third-order valence-electron chi connectivity index (χ3n) is 3.33. The predicted molar refractivity (Wildman–Crippen MR) is 76.8 cm³/mol. The van der Waals surface area contributed by atoms with Crippen LogP contribution in [0.1, 0.15) is 0 Å². The molecule has 0 radical (unpaired) electrons. The van der Waals surface area contributed by atoms with Crippen molar-refractivity contribution in [1.29, 1.82) is 0 Å². The number of carbonyl (C=O) groups excluding carboxylic acids is 1. The Hall–Kier alpha value is -2.15. The molecule has 0 bridgehead atoms. The summed E-state index contributed by atoms with van der Waals surface area (Å²) in [5.41, 5.74) is 0.625. The first kappa shape index (κ1) is 13.8. The fraction of sp³-hybridized carbons (Fsp3) is 0.214. The number of nitrogens with one attached hydrogen (secondary N) is 1. The molecule has 0 unspecified atom stereocenters. The second-order valence-electron chi connectivity index (χ2n) is 4.98. The number of rotatable bonds is 3. The Kier molecular flexibility index (Phi) is 3.29. The Morgan fingerprint density at radius 2 is 2.19 bits per heavy atom. The highest BCUT2D eigenvalue weighted by Crippen LogP contribution is 2.17. The second kappa shape index (κ2) is 5.00. The van der Waals surface area contributed by atoms with E-state index in [2.05, 4.69) is 5.32 Å². The van der Waals surface area contributed by atoms with E-state index in [1.165, 1.54) is 18.2 Å². The largest absolute Gasteiger partial charge is 0.347 e. The molecule has 1 aromatic carbocycles. The summed E-state index contributed by atoms with van der Waals surface area (Å²) in [6.07, 6.45) is 3.16. The maximum atomic E-state index is 13.3. The van der Waals surface area contributed by atoms with E-state index in [0.29, 0.717) is 5.52 Å². The Bertz CT molecular complexity index is 839. The fourth-order valence-electron chi connectivity index (χ4n) is 2.37. The normalized spacial score (nSPS) is 20.0. The van der Waals surface area contributed by atoms with Gasteiger partial charge in [0, 0.05) is 11.6 Å². The van der Waals surface area contributed by atoms with Crippen LogP contribution in [0.5, 0.6) is 0 Å². The zero-order valence-electron chi connectivity index (χ0n) is 11.0. The molecule has 0 aliphatic carbocycles. The summed E-state index contributed by atoms with van der Waals surface area (Å²) in [6.45, 7) is 0.0113. The summed E-state index contributed by atoms with van der Waals surface area (Å²) in [5.74, 6) is -0.795. The number of hydrogen-bond donors (Lipinski definition) is 1. The lowest BCUT2D eigenvalue weighted by atomic mass is 10.2.